The van der Waals surface area contributed by atoms with E-state index in [0.717, 1.165) is 50.9 Å². The molecule has 0 unspecified atom stereocenters. The van der Waals surface area contributed by atoms with Crippen LogP contribution in [0.5, 0.6) is 0 Å². The molecule has 3 atom stereocenters. The zero-order valence-corrected chi connectivity index (χ0v) is 19.8. The van der Waals surface area contributed by atoms with Crippen LogP contribution in [0.1, 0.15) is 59.8 Å². The molecule has 0 aromatic rings. The first-order valence-electron chi connectivity index (χ1n) is 12.0. The van der Waals surface area contributed by atoms with Crippen LogP contribution in [-0.2, 0) is 19.1 Å². The average molecular weight is 433 g/mol. The molecule has 0 N–H and O–H groups in total. The summed E-state index contributed by atoms with van der Waals surface area (Å²) in [5.41, 5.74) is 0.0582. The third-order valence-electron chi connectivity index (χ3n) is 8.08. The van der Waals surface area contributed by atoms with Crippen molar-refractivity contribution < 1.29 is 19.1 Å². The summed E-state index contributed by atoms with van der Waals surface area (Å²) in [7, 11) is 0. The van der Waals surface area contributed by atoms with Crippen LogP contribution in [-0.4, -0.2) is 67.2 Å². The number of nitrogens with zero attached hydrogens (tertiary/aromatic N) is 2. The van der Waals surface area contributed by atoms with E-state index in [0.29, 0.717) is 32.2 Å². The summed E-state index contributed by atoms with van der Waals surface area (Å²) in [6, 6.07) is 0. The molecule has 1 amide bonds. The van der Waals surface area contributed by atoms with Crippen molar-refractivity contribution in [2.75, 3.05) is 39.4 Å². The minimum absolute atomic E-state index is 0.151. The van der Waals surface area contributed by atoms with Crippen molar-refractivity contribution in [1.82, 2.24) is 9.80 Å². The fourth-order valence-corrected chi connectivity index (χ4v) is 6.14. The molecule has 0 aromatic heterocycles. The van der Waals surface area contributed by atoms with E-state index in [9.17, 15) is 9.59 Å². The quantitative estimate of drug-likeness (QED) is 0.228. The molecule has 0 radical (unpaired) electrons. The van der Waals surface area contributed by atoms with Crippen molar-refractivity contribution in [1.29, 1.82) is 0 Å². The van der Waals surface area contributed by atoms with Gasteiger partial charge in [-0.25, -0.2) is 4.79 Å². The molecule has 3 fully saturated rings. The predicted molar refractivity (Wildman–Crippen MR) is 121 cm³/mol. The molecular formula is C25H40N2O4. The second-order valence-corrected chi connectivity index (χ2v) is 9.70. The standard InChI is InChI=1S/C25H40N2O4/c1-6-15-30-18-20(27-13-9-10-14-27)17-22(28)31-21-16-19-11-12-25(21,24(19,4)5)23(29)26(7-2)8-3/h6,17,19,21H,1,7-16,18H2,2-5H3/b20-17-/t19-,21-,25+/m1/s1. The van der Waals surface area contributed by atoms with E-state index >= 15 is 0 Å². The van der Waals surface area contributed by atoms with Crippen LogP contribution in [0.3, 0.4) is 0 Å². The van der Waals surface area contributed by atoms with Gasteiger partial charge in [0.1, 0.15) is 6.10 Å². The Morgan fingerprint density at radius 3 is 2.45 bits per heavy atom. The van der Waals surface area contributed by atoms with Crippen molar-refractivity contribution >= 4 is 11.9 Å². The van der Waals surface area contributed by atoms with Crippen LogP contribution in [0.4, 0.5) is 0 Å². The van der Waals surface area contributed by atoms with Gasteiger partial charge in [0.15, 0.2) is 0 Å². The highest BCUT2D eigenvalue weighted by Gasteiger charge is 2.70. The Kier molecular flexibility index (Phi) is 7.51. The molecule has 1 aliphatic heterocycles. The second-order valence-electron chi connectivity index (χ2n) is 9.70. The van der Waals surface area contributed by atoms with Crippen LogP contribution in [0.25, 0.3) is 0 Å². The van der Waals surface area contributed by atoms with E-state index < -0.39 is 5.41 Å². The van der Waals surface area contributed by atoms with E-state index in [1.54, 1.807) is 12.2 Å². The number of esters is 1. The highest BCUT2D eigenvalue weighted by atomic mass is 16.5. The minimum atomic E-state index is -0.625. The SMILES string of the molecule is C=CCOC/C(=C/C(=O)O[C@@H]1C[C@H]2CC[C@]1(C(=O)N(CC)CC)C2(C)C)N1CCCC1. The first kappa shape index (κ1) is 23.8. The van der Waals surface area contributed by atoms with Crippen molar-refractivity contribution in [3.8, 4) is 0 Å². The van der Waals surface area contributed by atoms with Gasteiger partial charge >= 0.3 is 5.97 Å². The zero-order chi connectivity index (χ0) is 22.6. The summed E-state index contributed by atoms with van der Waals surface area (Å²) >= 11 is 0. The lowest BCUT2D eigenvalue weighted by atomic mass is 9.67. The van der Waals surface area contributed by atoms with Crippen LogP contribution in [0, 0.1) is 16.7 Å². The van der Waals surface area contributed by atoms with Gasteiger partial charge in [-0.15, -0.1) is 6.58 Å². The van der Waals surface area contributed by atoms with Crippen molar-refractivity contribution in [2.45, 2.75) is 65.9 Å². The maximum absolute atomic E-state index is 13.7. The summed E-state index contributed by atoms with van der Waals surface area (Å²) in [6.07, 6.45) is 7.75. The fraction of sp³-hybridized carbons (Fsp3) is 0.760. The summed E-state index contributed by atoms with van der Waals surface area (Å²) < 4.78 is 11.7. The number of carbonyl (C=O) groups excluding carboxylic acids is 2. The number of fused-ring (bicyclic) bond motifs is 2. The second kappa shape index (κ2) is 9.76. The summed E-state index contributed by atoms with van der Waals surface area (Å²) in [5, 5.41) is 0. The highest BCUT2D eigenvalue weighted by molar-refractivity contribution is 5.87. The van der Waals surface area contributed by atoms with Gasteiger partial charge in [0.05, 0.1) is 18.6 Å². The van der Waals surface area contributed by atoms with E-state index in [2.05, 4.69) is 25.3 Å². The van der Waals surface area contributed by atoms with E-state index in [4.69, 9.17) is 9.47 Å². The largest absolute Gasteiger partial charge is 0.458 e. The smallest absolute Gasteiger partial charge is 0.332 e. The maximum atomic E-state index is 13.7. The Morgan fingerprint density at radius 1 is 1.19 bits per heavy atom. The van der Waals surface area contributed by atoms with Gasteiger partial charge in [-0.1, -0.05) is 19.9 Å². The molecule has 1 saturated heterocycles. The molecule has 174 valence electrons. The van der Waals surface area contributed by atoms with Crippen LogP contribution in [0.15, 0.2) is 24.4 Å². The van der Waals surface area contributed by atoms with Gasteiger partial charge in [0, 0.05) is 38.0 Å². The third kappa shape index (κ3) is 4.28. The Hall–Kier alpha value is -1.82. The number of ether oxygens (including phenoxy) is 2. The Balaban J connectivity index is 1.80. The normalized spacial score (nSPS) is 29.3. The molecule has 3 rings (SSSR count). The maximum Gasteiger partial charge on any atom is 0.332 e. The monoisotopic (exact) mass is 432 g/mol. The average Bonchev–Trinajstić information content (AvgIpc) is 3.41. The Morgan fingerprint density at radius 2 is 1.87 bits per heavy atom. The fourth-order valence-electron chi connectivity index (χ4n) is 6.14. The van der Waals surface area contributed by atoms with Gasteiger partial charge in [-0.2, -0.15) is 0 Å². The Labute approximate surface area is 187 Å². The summed E-state index contributed by atoms with van der Waals surface area (Å²) in [5.74, 6) is 0.199. The van der Waals surface area contributed by atoms with Crippen molar-refractivity contribution in [3.63, 3.8) is 0 Å². The van der Waals surface area contributed by atoms with Gasteiger partial charge in [-0.3, -0.25) is 4.79 Å². The lowest BCUT2D eigenvalue weighted by molar-refractivity contribution is -0.165. The zero-order valence-electron chi connectivity index (χ0n) is 19.8. The van der Waals surface area contributed by atoms with Gasteiger partial charge in [0.2, 0.25) is 5.91 Å². The Bertz CT molecular complexity index is 706. The molecule has 6 heteroatoms. The molecule has 3 aliphatic rings. The topological polar surface area (TPSA) is 59.1 Å². The molecule has 2 saturated carbocycles. The van der Waals surface area contributed by atoms with E-state index in [1.807, 2.05) is 18.7 Å². The number of carbonyl (C=O) groups is 2. The van der Waals surface area contributed by atoms with Gasteiger partial charge < -0.3 is 19.3 Å². The van der Waals surface area contributed by atoms with Crippen LogP contribution in [0.2, 0.25) is 0 Å². The van der Waals surface area contributed by atoms with Crippen molar-refractivity contribution in [2.24, 2.45) is 16.7 Å². The molecule has 6 nitrogen and oxygen atoms in total. The lowest BCUT2D eigenvalue weighted by Crippen LogP contribution is -2.54. The van der Waals surface area contributed by atoms with Crippen molar-refractivity contribution in [3.05, 3.63) is 24.4 Å². The number of hydrogen-bond acceptors (Lipinski definition) is 5. The number of amides is 1. The molecular weight excluding hydrogens is 392 g/mol. The number of likely N-dealkylation sites (tertiary alicyclic amines) is 1. The highest BCUT2D eigenvalue weighted by Crippen LogP contribution is 2.67. The first-order chi connectivity index (χ1) is 14.8. The number of rotatable bonds is 10. The lowest BCUT2D eigenvalue weighted by Gasteiger charge is -2.43. The molecule has 0 aromatic carbocycles. The molecule has 1 heterocycles. The molecule has 31 heavy (non-hydrogen) atoms. The van der Waals surface area contributed by atoms with Gasteiger partial charge in [-0.05, 0) is 57.3 Å². The van der Waals surface area contributed by atoms with Gasteiger partial charge in [0.25, 0.3) is 0 Å². The molecule has 2 bridgehead atoms. The van der Waals surface area contributed by atoms with Crippen LogP contribution < -0.4 is 0 Å². The first-order valence-corrected chi connectivity index (χ1v) is 12.0. The number of hydrogen-bond donors (Lipinski definition) is 0. The molecule has 2 aliphatic carbocycles. The summed E-state index contributed by atoms with van der Waals surface area (Å²) in [4.78, 5) is 30.8. The third-order valence-corrected chi connectivity index (χ3v) is 8.08. The summed E-state index contributed by atoms with van der Waals surface area (Å²) in [6.45, 7) is 16.1. The van der Waals surface area contributed by atoms with E-state index in [1.165, 1.54) is 0 Å². The molecule has 0 spiro atoms. The minimum Gasteiger partial charge on any atom is -0.458 e. The predicted octanol–water partition coefficient (Wildman–Crippen LogP) is 3.78. The van der Waals surface area contributed by atoms with Crippen LogP contribution >= 0.6 is 0 Å². The van der Waals surface area contributed by atoms with E-state index in [-0.39, 0.29) is 23.4 Å².